The minimum absolute atomic E-state index is 0.0787. The minimum Gasteiger partial charge on any atom is -0.497 e. The summed E-state index contributed by atoms with van der Waals surface area (Å²) in [6, 6.07) is 18.4. The Labute approximate surface area is 194 Å². The lowest BCUT2D eigenvalue weighted by Crippen LogP contribution is -2.32. The van der Waals surface area contributed by atoms with E-state index in [0.29, 0.717) is 29.3 Å². The van der Waals surface area contributed by atoms with Gasteiger partial charge in [0.25, 0.3) is 15.9 Å². The molecule has 0 saturated carbocycles. The van der Waals surface area contributed by atoms with E-state index in [2.05, 4.69) is 10.0 Å². The number of carbonyl (C=O) groups excluding carboxylic acids is 1. The van der Waals surface area contributed by atoms with Crippen LogP contribution in [0.2, 0.25) is 0 Å². The number of anilines is 2. The van der Waals surface area contributed by atoms with Crippen LogP contribution in [0, 0.1) is 13.8 Å². The van der Waals surface area contributed by atoms with Crippen LogP contribution in [-0.2, 0) is 14.8 Å². The third-order valence-corrected chi connectivity index (χ3v) is 6.45. The predicted molar refractivity (Wildman–Crippen MR) is 129 cm³/mol. The molecule has 0 aliphatic heterocycles. The van der Waals surface area contributed by atoms with Gasteiger partial charge in [0.05, 0.1) is 12.0 Å². The summed E-state index contributed by atoms with van der Waals surface area (Å²) in [5.41, 5.74) is 2.89. The van der Waals surface area contributed by atoms with Gasteiger partial charge < -0.3 is 14.8 Å². The number of ether oxygens (including phenoxy) is 2. The molecule has 0 aliphatic rings. The van der Waals surface area contributed by atoms with Crippen molar-refractivity contribution in [2.24, 2.45) is 0 Å². The Kier molecular flexibility index (Phi) is 7.60. The van der Waals surface area contributed by atoms with Gasteiger partial charge in [-0.2, -0.15) is 0 Å². The van der Waals surface area contributed by atoms with Crippen molar-refractivity contribution in [1.82, 2.24) is 0 Å². The molecule has 0 spiro atoms. The Bertz CT molecular complexity index is 1210. The molecule has 2 N–H and O–H groups in total. The van der Waals surface area contributed by atoms with Gasteiger partial charge in [-0.05, 0) is 86.0 Å². The second-order valence-electron chi connectivity index (χ2n) is 7.63. The van der Waals surface area contributed by atoms with Gasteiger partial charge >= 0.3 is 0 Å². The third-order valence-electron chi connectivity index (χ3n) is 5.05. The van der Waals surface area contributed by atoms with E-state index in [1.807, 2.05) is 39.0 Å². The monoisotopic (exact) mass is 468 g/mol. The lowest BCUT2D eigenvalue weighted by Gasteiger charge is -2.19. The fourth-order valence-corrected chi connectivity index (χ4v) is 4.18. The molecule has 7 nitrogen and oxygen atoms in total. The van der Waals surface area contributed by atoms with E-state index in [9.17, 15) is 13.2 Å². The molecule has 0 saturated heterocycles. The Morgan fingerprint density at radius 2 is 1.58 bits per heavy atom. The number of methoxy groups -OCH3 is 1. The summed E-state index contributed by atoms with van der Waals surface area (Å²) in [6.07, 6.45) is -0.192. The van der Waals surface area contributed by atoms with Gasteiger partial charge in [-0.25, -0.2) is 8.42 Å². The van der Waals surface area contributed by atoms with Crippen molar-refractivity contribution in [3.63, 3.8) is 0 Å². The molecule has 174 valence electrons. The van der Waals surface area contributed by atoms with Gasteiger partial charge in [0.15, 0.2) is 6.10 Å². The zero-order valence-corrected chi connectivity index (χ0v) is 19.9. The summed E-state index contributed by atoms with van der Waals surface area (Å²) >= 11 is 0. The van der Waals surface area contributed by atoms with Crippen LogP contribution in [0.5, 0.6) is 11.5 Å². The lowest BCUT2D eigenvalue weighted by atomic mass is 10.1. The van der Waals surface area contributed by atoms with Crippen molar-refractivity contribution in [2.45, 2.75) is 38.2 Å². The third kappa shape index (κ3) is 6.26. The first-order valence-electron chi connectivity index (χ1n) is 10.5. The normalized spacial score (nSPS) is 12.0. The number of hydrogen-bond acceptors (Lipinski definition) is 5. The van der Waals surface area contributed by atoms with Crippen molar-refractivity contribution in [3.8, 4) is 11.5 Å². The molecule has 3 rings (SSSR count). The Hall–Kier alpha value is -3.52. The summed E-state index contributed by atoms with van der Waals surface area (Å²) in [4.78, 5) is 12.8. The Morgan fingerprint density at radius 1 is 0.939 bits per heavy atom. The van der Waals surface area contributed by atoms with E-state index in [0.717, 1.165) is 11.1 Å². The second-order valence-corrected chi connectivity index (χ2v) is 9.31. The molecule has 3 aromatic rings. The molecule has 0 unspecified atom stereocenters. The number of benzene rings is 3. The topological polar surface area (TPSA) is 93.7 Å². The van der Waals surface area contributed by atoms with Crippen LogP contribution in [-0.4, -0.2) is 27.5 Å². The average Bonchev–Trinajstić information content (AvgIpc) is 2.80. The molecule has 0 radical (unpaired) electrons. The van der Waals surface area contributed by atoms with Crippen LogP contribution in [0.4, 0.5) is 11.4 Å². The van der Waals surface area contributed by atoms with E-state index in [1.54, 1.807) is 36.4 Å². The van der Waals surface area contributed by atoms with Crippen molar-refractivity contribution in [2.75, 3.05) is 17.1 Å². The molecule has 3 aromatic carbocycles. The molecule has 0 aromatic heterocycles. The van der Waals surface area contributed by atoms with E-state index >= 15 is 0 Å². The van der Waals surface area contributed by atoms with E-state index < -0.39 is 16.1 Å². The molecule has 0 aliphatic carbocycles. The van der Waals surface area contributed by atoms with Crippen molar-refractivity contribution in [1.29, 1.82) is 0 Å². The van der Waals surface area contributed by atoms with Gasteiger partial charge in [-0.3, -0.25) is 9.52 Å². The summed E-state index contributed by atoms with van der Waals surface area (Å²) < 4.78 is 38.9. The molecular weight excluding hydrogens is 440 g/mol. The highest BCUT2D eigenvalue weighted by atomic mass is 32.2. The summed E-state index contributed by atoms with van der Waals surface area (Å²) in [6.45, 7) is 5.76. The Balaban J connectivity index is 1.67. The summed E-state index contributed by atoms with van der Waals surface area (Å²) in [5, 5.41) is 2.80. The maximum Gasteiger partial charge on any atom is 0.265 e. The highest BCUT2D eigenvalue weighted by Gasteiger charge is 2.20. The van der Waals surface area contributed by atoms with E-state index in [4.69, 9.17) is 9.47 Å². The van der Waals surface area contributed by atoms with Crippen molar-refractivity contribution >= 4 is 27.3 Å². The smallest absolute Gasteiger partial charge is 0.265 e. The van der Waals surface area contributed by atoms with Crippen LogP contribution in [0.15, 0.2) is 71.6 Å². The van der Waals surface area contributed by atoms with Crippen molar-refractivity contribution < 1.29 is 22.7 Å². The quantitative estimate of drug-likeness (QED) is 0.465. The SMILES string of the molecule is CC[C@@H](Oc1cc(C)ccc1C)C(=O)Nc1ccc(S(=O)(=O)Nc2ccc(OC)cc2)cc1. The standard InChI is InChI=1S/C25H28N2O5S/c1-5-23(32-24-16-17(2)6-7-18(24)3)25(28)26-19-10-14-22(15-11-19)33(29,30)27-20-8-12-21(31-4)13-9-20/h6-16,23,27H,5H2,1-4H3,(H,26,28)/t23-/m1/s1. The van der Waals surface area contributed by atoms with Crippen LogP contribution in [0.1, 0.15) is 24.5 Å². The maximum absolute atomic E-state index is 12.7. The second kappa shape index (κ2) is 10.4. The van der Waals surface area contributed by atoms with Crippen LogP contribution in [0.25, 0.3) is 0 Å². The molecular formula is C25H28N2O5S. The fourth-order valence-electron chi connectivity index (χ4n) is 3.12. The molecule has 0 heterocycles. The average molecular weight is 469 g/mol. The minimum atomic E-state index is -3.78. The molecule has 8 heteroatoms. The highest BCUT2D eigenvalue weighted by molar-refractivity contribution is 7.92. The van der Waals surface area contributed by atoms with Gasteiger partial charge in [0, 0.05) is 11.4 Å². The number of rotatable bonds is 9. The summed E-state index contributed by atoms with van der Waals surface area (Å²) in [7, 11) is -2.24. The van der Waals surface area contributed by atoms with E-state index in [-0.39, 0.29) is 10.8 Å². The van der Waals surface area contributed by atoms with Gasteiger partial charge in [-0.15, -0.1) is 0 Å². The molecule has 0 bridgehead atoms. The first-order valence-corrected chi connectivity index (χ1v) is 12.0. The summed E-state index contributed by atoms with van der Waals surface area (Å²) in [5.74, 6) is 0.999. The van der Waals surface area contributed by atoms with Gasteiger partial charge in [0.1, 0.15) is 11.5 Å². The lowest BCUT2D eigenvalue weighted by molar-refractivity contribution is -0.122. The van der Waals surface area contributed by atoms with Crippen LogP contribution in [0.3, 0.4) is 0 Å². The van der Waals surface area contributed by atoms with Crippen LogP contribution < -0.4 is 19.5 Å². The van der Waals surface area contributed by atoms with Crippen LogP contribution >= 0.6 is 0 Å². The zero-order chi connectivity index (χ0) is 24.0. The number of nitrogens with one attached hydrogen (secondary N) is 2. The highest BCUT2D eigenvalue weighted by Crippen LogP contribution is 2.23. The largest absolute Gasteiger partial charge is 0.497 e. The van der Waals surface area contributed by atoms with Crippen molar-refractivity contribution in [3.05, 3.63) is 77.9 Å². The van der Waals surface area contributed by atoms with Gasteiger partial charge in [-0.1, -0.05) is 19.1 Å². The number of sulfonamides is 1. The predicted octanol–water partition coefficient (Wildman–Crippen LogP) is 4.91. The fraction of sp³-hybridized carbons (Fsp3) is 0.240. The number of aryl methyl sites for hydroxylation is 2. The number of carbonyl (C=O) groups is 1. The van der Waals surface area contributed by atoms with E-state index in [1.165, 1.54) is 19.2 Å². The zero-order valence-electron chi connectivity index (χ0n) is 19.1. The molecule has 33 heavy (non-hydrogen) atoms. The number of hydrogen-bond donors (Lipinski definition) is 2. The molecule has 0 fully saturated rings. The number of amides is 1. The first kappa shape index (κ1) is 24.1. The Morgan fingerprint density at radius 3 is 2.18 bits per heavy atom. The first-order chi connectivity index (χ1) is 15.7. The maximum atomic E-state index is 12.7. The molecule has 1 atom stereocenters. The molecule has 1 amide bonds. The van der Waals surface area contributed by atoms with Gasteiger partial charge in [0.2, 0.25) is 0 Å².